The van der Waals surface area contributed by atoms with E-state index in [2.05, 4.69) is 31.9 Å². The molecule has 3 N–H and O–H groups in total. The lowest BCUT2D eigenvalue weighted by Crippen LogP contribution is -2.05. The highest BCUT2D eigenvalue weighted by molar-refractivity contribution is 9.11. The van der Waals surface area contributed by atoms with Crippen molar-refractivity contribution in [3.63, 3.8) is 0 Å². The number of nitrogens with one attached hydrogen (secondary N) is 1. The summed E-state index contributed by atoms with van der Waals surface area (Å²) in [5, 5.41) is 7.59. The molecule has 1 aromatic carbocycles. The van der Waals surface area contributed by atoms with E-state index in [0.717, 1.165) is 8.95 Å². The predicted molar refractivity (Wildman–Crippen MR) is 64.7 cm³/mol. The molecule has 3 nitrogen and oxygen atoms in total. The molecule has 76 valence electrons. The van der Waals surface area contributed by atoms with Crippen molar-refractivity contribution in [1.29, 1.82) is 5.41 Å². The van der Waals surface area contributed by atoms with Gasteiger partial charge in [0.25, 0.3) is 0 Å². The van der Waals surface area contributed by atoms with Crippen LogP contribution in [0.4, 0.5) is 5.69 Å². The minimum Gasteiger partial charge on any atom is -0.478 e. The summed E-state index contributed by atoms with van der Waals surface area (Å²) in [7, 11) is 0. The van der Waals surface area contributed by atoms with E-state index in [1.165, 1.54) is 0 Å². The minimum absolute atomic E-state index is 0.147. The van der Waals surface area contributed by atoms with Gasteiger partial charge < -0.3 is 10.5 Å². The third-order valence-corrected chi connectivity index (χ3v) is 2.94. The summed E-state index contributed by atoms with van der Waals surface area (Å²) in [6.07, 6.45) is 0. The molecule has 14 heavy (non-hydrogen) atoms. The molecule has 0 aromatic heterocycles. The summed E-state index contributed by atoms with van der Waals surface area (Å²) in [5.41, 5.74) is 7.04. The van der Waals surface area contributed by atoms with E-state index < -0.39 is 0 Å². The number of halogens is 2. The summed E-state index contributed by atoms with van der Waals surface area (Å²) in [6, 6.07) is 3.52. The first kappa shape index (κ1) is 11.5. The largest absolute Gasteiger partial charge is 0.478 e. The van der Waals surface area contributed by atoms with Gasteiger partial charge in [-0.15, -0.1) is 0 Å². The first-order chi connectivity index (χ1) is 6.56. The van der Waals surface area contributed by atoms with Crippen LogP contribution in [0, 0.1) is 5.41 Å². The molecule has 5 heteroatoms. The summed E-state index contributed by atoms with van der Waals surface area (Å²) < 4.78 is 6.59. The average molecular weight is 322 g/mol. The van der Waals surface area contributed by atoms with Gasteiger partial charge in [0.2, 0.25) is 5.90 Å². The number of benzene rings is 1. The second kappa shape index (κ2) is 4.79. The van der Waals surface area contributed by atoms with Crippen LogP contribution < -0.4 is 5.73 Å². The van der Waals surface area contributed by atoms with Gasteiger partial charge >= 0.3 is 0 Å². The first-order valence-electron chi connectivity index (χ1n) is 4.02. The highest BCUT2D eigenvalue weighted by Crippen LogP contribution is 2.29. The van der Waals surface area contributed by atoms with E-state index in [4.69, 9.17) is 15.9 Å². The molecule has 1 aromatic rings. The van der Waals surface area contributed by atoms with Crippen molar-refractivity contribution in [2.45, 2.75) is 6.92 Å². The molecular formula is C9H10Br2N2O. The van der Waals surface area contributed by atoms with E-state index in [9.17, 15) is 0 Å². The molecule has 0 aliphatic rings. The molecule has 0 saturated carbocycles. The van der Waals surface area contributed by atoms with E-state index in [1.54, 1.807) is 12.1 Å². The fraction of sp³-hybridized carbons (Fsp3) is 0.222. The minimum atomic E-state index is 0.147. The second-order valence-electron chi connectivity index (χ2n) is 2.62. The summed E-state index contributed by atoms with van der Waals surface area (Å²) in [5.74, 6) is 0.147. The van der Waals surface area contributed by atoms with Crippen molar-refractivity contribution < 1.29 is 4.74 Å². The predicted octanol–water partition coefficient (Wildman–Crippen LogP) is 3.16. The van der Waals surface area contributed by atoms with Crippen LogP contribution in [0.2, 0.25) is 0 Å². The molecule has 0 amide bonds. The van der Waals surface area contributed by atoms with Crippen LogP contribution in [0.15, 0.2) is 21.1 Å². The van der Waals surface area contributed by atoms with Crippen molar-refractivity contribution in [3.8, 4) is 0 Å². The molecular weight excluding hydrogens is 312 g/mol. The van der Waals surface area contributed by atoms with Gasteiger partial charge in [0.05, 0.1) is 12.3 Å². The SMILES string of the molecule is CCOC(=N)c1cc(Br)c(N)c(Br)c1. The molecule has 0 heterocycles. The number of hydrogen-bond acceptors (Lipinski definition) is 3. The van der Waals surface area contributed by atoms with Gasteiger partial charge in [0.15, 0.2) is 0 Å². The Labute approximate surface area is 99.4 Å². The first-order valence-corrected chi connectivity index (χ1v) is 5.61. The molecule has 0 bridgehead atoms. The van der Waals surface area contributed by atoms with Crippen molar-refractivity contribution in [2.24, 2.45) is 0 Å². The highest BCUT2D eigenvalue weighted by Gasteiger charge is 2.08. The van der Waals surface area contributed by atoms with Crippen molar-refractivity contribution in [2.75, 3.05) is 12.3 Å². The Balaban J connectivity index is 3.06. The standard InChI is InChI=1S/C9H10Br2N2O/c1-2-14-9(13)5-3-6(10)8(12)7(11)4-5/h3-4,13H,2,12H2,1H3. The van der Waals surface area contributed by atoms with Gasteiger partial charge in [-0.25, -0.2) is 0 Å². The average Bonchev–Trinajstić information content (AvgIpc) is 2.13. The number of nitrogen functional groups attached to an aromatic ring is 1. The van der Waals surface area contributed by atoms with E-state index in [-0.39, 0.29) is 5.90 Å². The Bertz CT molecular complexity index is 343. The van der Waals surface area contributed by atoms with Gasteiger partial charge in [0, 0.05) is 14.5 Å². The van der Waals surface area contributed by atoms with Crippen LogP contribution in [-0.2, 0) is 4.74 Å². The van der Waals surface area contributed by atoms with E-state index >= 15 is 0 Å². The van der Waals surface area contributed by atoms with Crippen molar-refractivity contribution in [3.05, 3.63) is 26.6 Å². The maximum atomic E-state index is 7.59. The quantitative estimate of drug-likeness (QED) is 0.499. The molecule has 0 spiro atoms. The van der Waals surface area contributed by atoms with Crippen LogP contribution in [0.1, 0.15) is 12.5 Å². The Kier molecular flexibility index (Phi) is 3.95. The Hall–Kier alpha value is -0.550. The molecule has 0 aliphatic heterocycles. The van der Waals surface area contributed by atoms with E-state index in [1.807, 2.05) is 6.92 Å². The lowest BCUT2D eigenvalue weighted by Gasteiger charge is -2.08. The molecule has 0 saturated heterocycles. The third-order valence-electron chi connectivity index (χ3n) is 1.63. The summed E-state index contributed by atoms with van der Waals surface area (Å²) in [4.78, 5) is 0. The Morgan fingerprint density at radius 2 is 1.93 bits per heavy atom. The summed E-state index contributed by atoms with van der Waals surface area (Å²) >= 11 is 6.62. The maximum Gasteiger partial charge on any atom is 0.213 e. The highest BCUT2D eigenvalue weighted by atomic mass is 79.9. The topological polar surface area (TPSA) is 59.1 Å². The van der Waals surface area contributed by atoms with Gasteiger partial charge in [-0.1, -0.05) is 0 Å². The fourth-order valence-electron chi connectivity index (χ4n) is 0.943. The van der Waals surface area contributed by atoms with Gasteiger partial charge in [0.1, 0.15) is 0 Å². The number of nitrogens with two attached hydrogens (primary N) is 1. The molecule has 0 radical (unpaired) electrons. The zero-order valence-electron chi connectivity index (χ0n) is 7.60. The van der Waals surface area contributed by atoms with Crippen LogP contribution in [0.5, 0.6) is 0 Å². The smallest absolute Gasteiger partial charge is 0.213 e. The van der Waals surface area contributed by atoms with Crippen LogP contribution >= 0.6 is 31.9 Å². The van der Waals surface area contributed by atoms with Gasteiger partial charge in [-0.2, -0.15) is 0 Å². The van der Waals surface area contributed by atoms with Crippen LogP contribution in [-0.4, -0.2) is 12.5 Å². The number of rotatable bonds is 2. The van der Waals surface area contributed by atoms with Crippen molar-refractivity contribution >= 4 is 43.4 Å². The van der Waals surface area contributed by atoms with Crippen LogP contribution in [0.25, 0.3) is 0 Å². The normalized spacial score (nSPS) is 9.93. The number of anilines is 1. The lowest BCUT2D eigenvalue weighted by molar-refractivity contribution is 0.325. The monoisotopic (exact) mass is 320 g/mol. The fourth-order valence-corrected chi connectivity index (χ4v) is 2.13. The Morgan fingerprint density at radius 1 is 1.43 bits per heavy atom. The van der Waals surface area contributed by atoms with Crippen molar-refractivity contribution in [1.82, 2.24) is 0 Å². The van der Waals surface area contributed by atoms with Crippen LogP contribution in [0.3, 0.4) is 0 Å². The third kappa shape index (κ3) is 2.48. The molecule has 0 aliphatic carbocycles. The van der Waals surface area contributed by atoms with E-state index in [0.29, 0.717) is 17.9 Å². The molecule has 0 fully saturated rings. The number of hydrogen-bond donors (Lipinski definition) is 2. The maximum absolute atomic E-state index is 7.59. The lowest BCUT2D eigenvalue weighted by atomic mass is 10.2. The van der Waals surface area contributed by atoms with Gasteiger partial charge in [-0.05, 0) is 50.9 Å². The summed E-state index contributed by atoms with van der Waals surface area (Å²) in [6.45, 7) is 2.33. The Morgan fingerprint density at radius 3 is 2.36 bits per heavy atom. The van der Waals surface area contributed by atoms with Gasteiger partial charge in [-0.3, -0.25) is 5.41 Å². The molecule has 1 rings (SSSR count). The molecule has 0 unspecified atom stereocenters. The zero-order valence-corrected chi connectivity index (χ0v) is 10.8. The second-order valence-corrected chi connectivity index (χ2v) is 4.32. The zero-order chi connectivity index (χ0) is 10.7. The number of ether oxygens (including phenoxy) is 1. The molecule has 0 atom stereocenters.